The van der Waals surface area contributed by atoms with Crippen LogP contribution in [0.15, 0.2) is 42.4 Å². The van der Waals surface area contributed by atoms with E-state index in [4.69, 9.17) is 0 Å². The second kappa shape index (κ2) is 8.62. The van der Waals surface area contributed by atoms with Crippen molar-refractivity contribution >= 4 is 22.2 Å². The lowest BCUT2D eigenvalue weighted by Gasteiger charge is -2.23. The van der Waals surface area contributed by atoms with Crippen LogP contribution in [0.25, 0.3) is 16.3 Å². The van der Waals surface area contributed by atoms with E-state index in [2.05, 4.69) is 39.7 Å². The van der Waals surface area contributed by atoms with Gasteiger partial charge in [0, 0.05) is 48.0 Å². The fourth-order valence-corrected chi connectivity index (χ4v) is 2.84. The zero-order valence-corrected chi connectivity index (χ0v) is 15.7. The fraction of sp³-hybridized carbons (Fsp3) is 0.400. The highest BCUT2D eigenvalue weighted by Gasteiger charge is 2.16. The number of aliphatic hydroxyl groups excluding tert-OH is 1. The maximum Gasteiger partial charge on any atom is 0.126 e. The summed E-state index contributed by atoms with van der Waals surface area (Å²) in [5, 5.41) is 18.0. The van der Waals surface area contributed by atoms with Crippen LogP contribution in [-0.2, 0) is 0 Å². The Morgan fingerprint density at radius 3 is 2.52 bits per heavy atom. The van der Waals surface area contributed by atoms with Gasteiger partial charge in [-0.05, 0) is 38.0 Å². The van der Waals surface area contributed by atoms with E-state index < -0.39 is 0 Å². The Balaban J connectivity index is 0.00000109. The summed E-state index contributed by atoms with van der Waals surface area (Å²) in [7, 11) is 1.85. The molecule has 2 unspecified atom stereocenters. The van der Waals surface area contributed by atoms with E-state index in [1.165, 1.54) is 5.57 Å². The number of fused-ring (bicyclic) bond motifs is 1. The molecular formula is C20H28N4O. The zero-order chi connectivity index (χ0) is 18.4. The van der Waals surface area contributed by atoms with Gasteiger partial charge in [-0.1, -0.05) is 19.9 Å². The molecule has 0 bridgehead atoms. The molecule has 0 radical (unpaired) electrons. The van der Waals surface area contributed by atoms with Gasteiger partial charge >= 0.3 is 0 Å². The Morgan fingerprint density at radius 1 is 1.20 bits per heavy atom. The van der Waals surface area contributed by atoms with E-state index in [9.17, 15) is 5.11 Å². The summed E-state index contributed by atoms with van der Waals surface area (Å²) in [5.41, 5.74) is 3.17. The lowest BCUT2D eigenvalue weighted by atomic mass is 9.96. The van der Waals surface area contributed by atoms with Crippen molar-refractivity contribution in [2.24, 2.45) is 0 Å². The first kappa shape index (κ1) is 18.9. The van der Waals surface area contributed by atoms with Gasteiger partial charge in [0.05, 0.1) is 11.8 Å². The lowest BCUT2D eigenvalue weighted by molar-refractivity contribution is 0.177. The normalized spacial score (nSPS) is 17.6. The van der Waals surface area contributed by atoms with E-state index in [0.717, 1.165) is 27.9 Å². The standard InChI is InChI=1S/C18H22N4O.C2H6/c1-11-4-15(5-12(2)23)20-10-16(11)17-6-13-9-22-18(19-3)7-14(13)8-21-17;1-2/h4,6-10,12,15,20,23H,5H2,1-3H3,(H,19,22);1-2H3. The highest BCUT2D eigenvalue weighted by molar-refractivity contribution is 5.88. The number of aromatic nitrogens is 2. The minimum absolute atomic E-state index is 0.166. The average Bonchev–Trinajstić information content (AvgIpc) is 2.62. The fourth-order valence-electron chi connectivity index (χ4n) is 2.84. The van der Waals surface area contributed by atoms with Gasteiger partial charge in [-0.2, -0.15) is 0 Å². The average molecular weight is 340 g/mol. The van der Waals surface area contributed by atoms with Crippen molar-refractivity contribution in [3.8, 4) is 0 Å². The van der Waals surface area contributed by atoms with Crippen LogP contribution in [0, 0.1) is 0 Å². The van der Waals surface area contributed by atoms with Gasteiger partial charge in [0.25, 0.3) is 0 Å². The molecule has 25 heavy (non-hydrogen) atoms. The number of dihydropyridines is 1. The predicted molar refractivity (Wildman–Crippen MR) is 105 cm³/mol. The van der Waals surface area contributed by atoms with Crippen LogP contribution in [0.2, 0.25) is 0 Å². The first-order chi connectivity index (χ1) is 12.1. The molecule has 0 amide bonds. The van der Waals surface area contributed by atoms with Crippen molar-refractivity contribution in [3.05, 3.63) is 48.1 Å². The molecule has 0 spiro atoms. The third kappa shape index (κ3) is 4.57. The van der Waals surface area contributed by atoms with Gasteiger partial charge in [-0.3, -0.25) is 4.98 Å². The van der Waals surface area contributed by atoms with Crippen molar-refractivity contribution in [1.82, 2.24) is 15.3 Å². The van der Waals surface area contributed by atoms with Crippen LogP contribution >= 0.6 is 0 Å². The Labute approximate surface area is 149 Å². The molecule has 0 fully saturated rings. The molecule has 1 aliphatic heterocycles. The zero-order valence-electron chi connectivity index (χ0n) is 15.7. The number of pyridine rings is 2. The molecule has 0 saturated heterocycles. The predicted octanol–water partition coefficient (Wildman–Crippen LogP) is 3.73. The molecule has 5 heteroatoms. The number of anilines is 1. The van der Waals surface area contributed by atoms with Crippen molar-refractivity contribution in [2.75, 3.05) is 12.4 Å². The molecule has 0 aliphatic carbocycles. The molecule has 3 heterocycles. The molecule has 5 nitrogen and oxygen atoms in total. The number of allylic oxidation sites excluding steroid dienone is 2. The molecule has 2 aromatic rings. The minimum Gasteiger partial charge on any atom is -0.393 e. The third-order valence-electron chi connectivity index (χ3n) is 4.05. The van der Waals surface area contributed by atoms with Gasteiger partial charge in [0.2, 0.25) is 0 Å². The Hall–Kier alpha value is -2.40. The number of nitrogens with one attached hydrogen (secondary N) is 2. The lowest BCUT2D eigenvalue weighted by Crippen LogP contribution is -2.29. The van der Waals surface area contributed by atoms with Crippen LogP contribution in [-0.4, -0.2) is 34.3 Å². The monoisotopic (exact) mass is 340 g/mol. The molecule has 0 saturated carbocycles. The topological polar surface area (TPSA) is 70.1 Å². The summed E-state index contributed by atoms with van der Waals surface area (Å²) in [6.07, 6.45) is 8.25. The highest BCUT2D eigenvalue weighted by Crippen LogP contribution is 2.27. The van der Waals surface area contributed by atoms with Crippen LogP contribution in [0.1, 0.15) is 39.8 Å². The molecule has 3 N–H and O–H groups in total. The van der Waals surface area contributed by atoms with E-state index >= 15 is 0 Å². The molecule has 2 aromatic heterocycles. The molecular weight excluding hydrogens is 312 g/mol. The Morgan fingerprint density at radius 2 is 1.88 bits per heavy atom. The summed E-state index contributed by atoms with van der Waals surface area (Å²) in [6.45, 7) is 7.89. The summed E-state index contributed by atoms with van der Waals surface area (Å²) in [6, 6.07) is 4.21. The summed E-state index contributed by atoms with van der Waals surface area (Å²) >= 11 is 0. The molecule has 2 atom stereocenters. The number of hydrogen-bond donors (Lipinski definition) is 3. The van der Waals surface area contributed by atoms with Gasteiger partial charge in [-0.15, -0.1) is 0 Å². The first-order valence-electron chi connectivity index (χ1n) is 8.84. The minimum atomic E-state index is -0.322. The Bertz CT molecular complexity index is 780. The van der Waals surface area contributed by atoms with Crippen LogP contribution in [0.3, 0.4) is 0 Å². The van der Waals surface area contributed by atoms with Gasteiger partial charge in [0.1, 0.15) is 5.82 Å². The van der Waals surface area contributed by atoms with Crippen molar-refractivity contribution in [3.63, 3.8) is 0 Å². The van der Waals surface area contributed by atoms with Crippen molar-refractivity contribution in [1.29, 1.82) is 0 Å². The number of hydrogen-bond acceptors (Lipinski definition) is 5. The van der Waals surface area contributed by atoms with Crippen molar-refractivity contribution < 1.29 is 5.11 Å². The first-order valence-corrected chi connectivity index (χ1v) is 8.84. The van der Waals surface area contributed by atoms with E-state index in [1.807, 2.05) is 45.6 Å². The number of aliphatic hydroxyl groups is 1. The maximum atomic E-state index is 9.52. The Kier molecular flexibility index (Phi) is 6.53. The van der Waals surface area contributed by atoms with Crippen LogP contribution < -0.4 is 10.6 Å². The van der Waals surface area contributed by atoms with E-state index in [0.29, 0.717) is 6.42 Å². The SMILES string of the molecule is CC.CNc1cc2cnc(C3=CNC(CC(C)O)C=C3C)cc2cn1. The summed E-state index contributed by atoms with van der Waals surface area (Å²) < 4.78 is 0. The molecule has 134 valence electrons. The smallest absolute Gasteiger partial charge is 0.126 e. The number of nitrogens with zero attached hydrogens (tertiary/aromatic N) is 2. The summed E-state index contributed by atoms with van der Waals surface area (Å²) in [5.74, 6) is 0.836. The van der Waals surface area contributed by atoms with E-state index in [-0.39, 0.29) is 12.1 Å². The van der Waals surface area contributed by atoms with Crippen LogP contribution in [0.4, 0.5) is 5.82 Å². The van der Waals surface area contributed by atoms with Gasteiger partial charge in [0.15, 0.2) is 0 Å². The maximum absolute atomic E-state index is 9.52. The molecule has 3 rings (SSSR count). The van der Waals surface area contributed by atoms with Crippen molar-refractivity contribution in [2.45, 2.75) is 46.3 Å². The quantitative estimate of drug-likeness (QED) is 0.791. The van der Waals surface area contributed by atoms with Gasteiger partial charge < -0.3 is 15.7 Å². The second-order valence-corrected chi connectivity index (χ2v) is 6.00. The highest BCUT2D eigenvalue weighted by atomic mass is 16.3. The second-order valence-electron chi connectivity index (χ2n) is 6.00. The number of rotatable bonds is 4. The summed E-state index contributed by atoms with van der Waals surface area (Å²) in [4.78, 5) is 8.95. The third-order valence-corrected chi connectivity index (χ3v) is 4.05. The largest absolute Gasteiger partial charge is 0.393 e. The van der Waals surface area contributed by atoms with Crippen LogP contribution in [0.5, 0.6) is 0 Å². The van der Waals surface area contributed by atoms with Gasteiger partial charge in [-0.25, -0.2) is 4.98 Å². The molecule has 1 aliphatic rings. The van der Waals surface area contributed by atoms with E-state index in [1.54, 1.807) is 6.92 Å². The molecule has 0 aromatic carbocycles.